The van der Waals surface area contributed by atoms with Gasteiger partial charge < -0.3 is 10.4 Å². The van der Waals surface area contributed by atoms with Crippen LogP contribution in [0.4, 0.5) is 0 Å². The lowest BCUT2D eigenvalue weighted by Crippen LogP contribution is -2.19. The van der Waals surface area contributed by atoms with Gasteiger partial charge in [0.1, 0.15) is 0 Å². The highest BCUT2D eigenvalue weighted by molar-refractivity contribution is 4.73. The van der Waals surface area contributed by atoms with Crippen LogP contribution in [-0.4, -0.2) is 25.3 Å². The first-order chi connectivity index (χ1) is 7.36. The maximum absolute atomic E-state index is 8.73. The Morgan fingerprint density at radius 3 is 2.13 bits per heavy atom. The summed E-state index contributed by atoms with van der Waals surface area (Å²) < 4.78 is 0. The molecule has 1 fully saturated rings. The molecule has 2 nitrogen and oxygen atoms in total. The minimum Gasteiger partial charge on any atom is -0.396 e. The molecule has 15 heavy (non-hydrogen) atoms. The number of aliphatic hydroxyl groups is 1. The number of unbranched alkanes of at least 4 members (excludes halogenated alkanes) is 1. The van der Waals surface area contributed by atoms with E-state index in [-0.39, 0.29) is 0 Å². The van der Waals surface area contributed by atoms with Crippen LogP contribution in [-0.2, 0) is 0 Å². The molecule has 0 aromatic heterocycles. The largest absolute Gasteiger partial charge is 0.396 e. The van der Waals surface area contributed by atoms with Crippen molar-refractivity contribution in [1.29, 1.82) is 0 Å². The van der Waals surface area contributed by atoms with Gasteiger partial charge in [0.25, 0.3) is 0 Å². The predicted octanol–water partition coefficient (Wildman–Crippen LogP) is 2.56. The summed E-state index contributed by atoms with van der Waals surface area (Å²) in [4.78, 5) is 0. The van der Waals surface area contributed by atoms with Crippen LogP contribution in [0.5, 0.6) is 0 Å². The standard InChI is InChI=1S/C13H27NO/c1-14-10-9-13-7-5-12(6-8-13)4-2-3-11-15/h12-15H,2-11H2,1H3. The highest BCUT2D eigenvalue weighted by atomic mass is 16.2. The average molecular weight is 213 g/mol. The summed E-state index contributed by atoms with van der Waals surface area (Å²) in [5, 5.41) is 12.0. The third-order valence-electron chi connectivity index (χ3n) is 3.79. The molecule has 0 unspecified atom stereocenters. The fraction of sp³-hybridized carbons (Fsp3) is 1.00. The van der Waals surface area contributed by atoms with Crippen molar-refractivity contribution in [1.82, 2.24) is 5.32 Å². The van der Waals surface area contributed by atoms with Crippen molar-refractivity contribution >= 4 is 0 Å². The van der Waals surface area contributed by atoms with Crippen LogP contribution in [0.3, 0.4) is 0 Å². The molecule has 90 valence electrons. The molecule has 1 saturated carbocycles. The average Bonchev–Trinajstić information content (AvgIpc) is 2.28. The first-order valence-electron chi connectivity index (χ1n) is 6.62. The molecule has 2 heteroatoms. The van der Waals surface area contributed by atoms with E-state index in [1.54, 1.807) is 0 Å². The summed E-state index contributed by atoms with van der Waals surface area (Å²) in [6.07, 6.45) is 10.7. The van der Waals surface area contributed by atoms with Crippen molar-refractivity contribution < 1.29 is 5.11 Å². The van der Waals surface area contributed by atoms with Crippen molar-refractivity contribution in [2.24, 2.45) is 11.8 Å². The van der Waals surface area contributed by atoms with Gasteiger partial charge >= 0.3 is 0 Å². The van der Waals surface area contributed by atoms with E-state index in [0.717, 1.165) is 18.3 Å². The Balaban J connectivity index is 2.02. The zero-order valence-corrected chi connectivity index (χ0v) is 10.2. The summed E-state index contributed by atoms with van der Waals surface area (Å²) in [5.41, 5.74) is 0. The summed E-state index contributed by atoms with van der Waals surface area (Å²) in [5.74, 6) is 1.94. The second kappa shape index (κ2) is 8.12. The van der Waals surface area contributed by atoms with Gasteiger partial charge in [0.05, 0.1) is 0 Å². The number of hydrogen-bond donors (Lipinski definition) is 2. The lowest BCUT2D eigenvalue weighted by atomic mass is 9.78. The van der Waals surface area contributed by atoms with Crippen LogP contribution in [0, 0.1) is 11.8 Å². The Bertz CT molecular complexity index is 141. The fourth-order valence-corrected chi connectivity index (χ4v) is 2.70. The SMILES string of the molecule is CNCCC1CCC(CCCCO)CC1. The van der Waals surface area contributed by atoms with E-state index < -0.39 is 0 Å². The summed E-state index contributed by atoms with van der Waals surface area (Å²) in [7, 11) is 2.04. The number of aliphatic hydroxyl groups excluding tert-OH is 1. The summed E-state index contributed by atoms with van der Waals surface area (Å²) >= 11 is 0. The smallest absolute Gasteiger partial charge is 0.0431 e. The molecule has 0 bridgehead atoms. The molecule has 0 saturated heterocycles. The topological polar surface area (TPSA) is 32.3 Å². The minimum atomic E-state index is 0.373. The molecule has 1 rings (SSSR count). The molecule has 0 aromatic rings. The van der Waals surface area contributed by atoms with Crippen LogP contribution in [0.25, 0.3) is 0 Å². The van der Waals surface area contributed by atoms with E-state index >= 15 is 0 Å². The first-order valence-corrected chi connectivity index (χ1v) is 6.62. The van der Waals surface area contributed by atoms with Crippen LogP contribution < -0.4 is 5.32 Å². The predicted molar refractivity (Wildman–Crippen MR) is 64.9 cm³/mol. The van der Waals surface area contributed by atoms with E-state index in [1.165, 1.54) is 51.5 Å². The van der Waals surface area contributed by atoms with Gasteiger partial charge in [-0.2, -0.15) is 0 Å². The van der Waals surface area contributed by atoms with Gasteiger partial charge in [-0.1, -0.05) is 38.5 Å². The highest BCUT2D eigenvalue weighted by Crippen LogP contribution is 2.33. The molecule has 0 atom stereocenters. The van der Waals surface area contributed by atoms with Crippen molar-refractivity contribution in [3.63, 3.8) is 0 Å². The van der Waals surface area contributed by atoms with Gasteiger partial charge in [-0.15, -0.1) is 0 Å². The highest BCUT2D eigenvalue weighted by Gasteiger charge is 2.20. The zero-order valence-electron chi connectivity index (χ0n) is 10.2. The first kappa shape index (κ1) is 13.0. The minimum absolute atomic E-state index is 0.373. The van der Waals surface area contributed by atoms with Crippen LogP contribution in [0.15, 0.2) is 0 Å². The van der Waals surface area contributed by atoms with Gasteiger partial charge in [-0.25, -0.2) is 0 Å². The third kappa shape index (κ3) is 5.53. The van der Waals surface area contributed by atoms with Crippen molar-refractivity contribution in [3.05, 3.63) is 0 Å². The number of hydrogen-bond acceptors (Lipinski definition) is 2. The third-order valence-corrected chi connectivity index (χ3v) is 3.79. The summed E-state index contributed by atoms with van der Waals surface area (Å²) in [6, 6.07) is 0. The number of nitrogens with one attached hydrogen (secondary N) is 1. The van der Waals surface area contributed by atoms with E-state index in [4.69, 9.17) is 5.11 Å². The van der Waals surface area contributed by atoms with Gasteiger partial charge in [0.2, 0.25) is 0 Å². The van der Waals surface area contributed by atoms with E-state index in [9.17, 15) is 0 Å². The molecule has 1 aliphatic rings. The van der Waals surface area contributed by atoms with Gasteiger partial charge in [-0.05, 0) is 38.3 Å². The Hall–Kier alpha value is -0.0800. The van der Waals surface area contributed by atoms with Crippen molar-refractivity contribution in [2.75, 3.05) is 20.2 Å². The molecule has 0 heterocycles. The Kier molecular flexibility index (Phi) is 7.03. The molecule has 0 amide bonds. The van der Waals surface area contributed by atoms with E-state index in [1.807, 2.05) is 7.05 Å². The molecular formula is C13H27NO. The lowest BCUT2D eigenvalue weighted by molar-refractivity contribution is 0.236. The fourth-order valence-electron chi connectivity index (χ4n) is 2.70. The van der Waals surface area contributed by atoms with Crippen molar-refractivity contribution in [3.8, 4) is 0 Å². The van der Waals surface area contributed by atoms with Crippen LogP contribution in [0.1, 0.15) is 51.4 Å². The van der Waals surface area contributed by atoms with E-state index in [0.29, 0.717) is 6.61 Å². The zero-order chi connectivity index (χ0) is 10.9. The van der Waals surface area contributed by atoms with Gasteiger partial charge in [0.15, 0.2) is 0 Å². The van der Waals surface area contributed by atoms with Crippen LogP contribution >= 0.6 is 0 Å². The number of rotatable bonds is 7. The summed E-state index contributed by atoms with van der Waals surface area (Å²) in [6.45, 7) is 1.55. The Morgan fingerprint density at radius 2 is 1.60 bits per heavy atom. The molecule has 1 aliphatic carbocycles. The monoisotopic (exact) mass is 213 g/mol. The molecule has 2 N–H and O–H groups in total. The normalized spacial score (nSPS) is 26.8. The van der Waals surface area contributed by atoms with Crippen molar-refractivity contribution in [2.45, 2.75) is 51.4 Å². The lowest BCUT2D eigenvalue weighted by Gasteiger charge is -2.28. The maximum atomic E-state index is 8.73. The second-order valence-corrected chi connectivity index (χ2v) is 5.00. The maximum Gasteiger partial charge on any atom is 0.0431 e. The van der Waals surface area contributed by atoms with E-state index in [2.05, 4.69) is 5.32 Å². The molecule has 0 aliphatic heterocycles. The van der Waals surface area contributed by atoms with Crippen LogP contribution in [0.2, 0.25) is 0 Å². The quantitative estimate of drug-likeness (QED) is 0.637. The Morgan fingerprint density at radius 1 is 1.00 bits per heavy atom. The second-order valence-electron chi connectivity index (χ2n) is 5.00. The van der Waals surface area contributed by atoms with Gasteiger partial charge in [-0.3, -0.25) is 0 Å². The van der Waals surface area contributed by atoms with Gasteiger partial charge in [0, 0.05) is 6.61 Å². The molecule has 0 aromatic carbocycles. The Labute approximate surface area is 94.5 Å². The molecule has 0 radical (unpaired) electrons. The molecular weight excluding hydrogens is 186 g/mol. The molecule has 0 spiro atoms.